The maximum Gasteiger partial charge on any atom is 0.243 e. The second kappa shape index (κ2) is 6.10. The Hall–Kier alpha value is -1.64. The lowest BCUT2D eigenvalue weighted by Crippen LogP contribution is -2.51. The Labute approximate surface area is 138 Å². The van der Waals surface area contributed by atoms with Crippen molar-refractivity contribution >= 4 is 21.6 Å². The molecule has 0 aliphatic carbocycles. The molecule has 0 saturated carbocycles. The van der Waals surface area contributed by atoms with E-state index in [9.17, 15) is 12.8 Å². The van der Waals surface area contributed by atoms with Gasteiger partial charge in [0, 0.05) is 31.7 Å². The van der Waals surface area contributed by atoms with E-state index in [1.54, 1.807) is 10.9 Å². The minimum Gasteiger partial charge on any atom is -0.494 e. The molecular weight excluding hydrogens is 345 g/mol. The molecule has 0 N–H and O–H groups in total. The molecule has 2 aromatic rings. The smallest absolute Gasteiger partial charge is 0.243 e. The van der Waals surface area contributed by atoms with Gasteiger partial charge in [-0.05, 0) is 18.2 Å². The average molecular weight is 360 g/mol. The van der Waals surface area contributed by atoms with Crippen LogP contribution in [-0.4, -0.2) is 42.7 Å². The second-order valence-corrected chi connectivity index (χ2v) is 7.74. The van der Waals surface area contributed by atoms with Crippen LogP contribution in [0, 0.1) is 11.7 Å². The molecule has 124 valence electrons. The minimum atomic E-state index is -3.69. The predicted octanol–water partition coefficient (Wildman–Crippen LogP) is 2.00. The minimum absolute atomic E-state index is 0.0148. The van der Waals surface area contributed by atoms with E-state index < -0.39 is 15.8 Å². The molecule has 1 aromatic carbocycles. The second-order valence-electron chi connectivity index (χ2n) is 5.36. The summed E-state index contributed by atoms with van der Waals surface area (Å²) in [7, 11) is -2.36. The zero-order valence-electron chi connectivity index (χ0n) is 12.3. The highest BCUT2D eigenvalue weighted by molar-refractivity contribution is 7.89. The maximum atomic E-state index is 13.7. The first-order valence-electron chi connectivity index (χ1n) is 6.92. The maximum absolute atomic E-state index is 13.7. The first kappa shape index (κ1) is 16.2. The van der Waals surface area contributed by atoms with Gasteiger partial charge in [0.05, 0.1) is 23.2 Å². The van der Waals surface area contributed by atoms with Crippen LogP contribution >= 0.6 is 11.6 Å². The van der Waals surface area contributed by atoms with Gasteiger partial charge in [0.25, 0.3) is 0 Å². The predicted molar refractivity (Wildman–Crippen MR) is 82.4 cm³/mol. The van der Waals surface area contributed by atoms with Crippen molar-refractivity contribution in [3.63, 3.8) is 0 Å². The van der Waals surface area contributed by atoms with E-state index in [1.807, 2.05) is 0 Å². The Morgan fingerprint density at radius 3 is 2.74 bits per heavy atom. The Morgan fingerprint density at radius 2 is 2.17 bits per heavy atom. The summed E-state index contributed by atoms with van der Waals surface area (Å²) in [6, 6.07) is 3.64. The molecule has 9 heteroatoms. The summed E-state index contributed by atoms with van der Waals surface area (Å²) in [4.78, 5) is -0.0728. The number of sulfonamides is 1. The van der Waals surface area contributed by atoms with Crippen molar-refractivity contribution in [3.05, 3.63) is 41.4 Å². The van der Waals surface area contributed by atoms with E-state index in [2.05, 4.69) is 5.10 Å². The quantitative estimate of drug-likeness (QED) is 0.819. The van der Waals surface area contributed by atoms with Crippen LogP contribution < -0.4 is 4.74 Å². The number of benzene rings is 1. The van der Waals surface area contributed by atoms with E-state index in [0.717, 1.165) is 6.07 Å². The molecule has 23 heavy (non-hydrogen) atoms. The van der Waals surface area contributed by atoms with Crippen LogP contribution in [0.25, 0.3) is 0 Å². The molecule has 1 fully saturated rings. The number of hydrogen-bond acceptors (Lipinski definition) is 4. The number of methoxy groups -OCH3 is 1. The summed E-state index contributed by atoms with van der Waals surface area (Å²) in [6.07, 6.45) is 3.23. The van der Waals surface area contributed by atoms with Crippen LogP contribution in [0.3, 0.4) is 0 Å². The van der Waals surface area contributed by atoms with Crippen molar-refractivity contribution in [3.8, 4) is 5.75 Å². The highest BCUT2D eigenvalue weighted by Crippen LogP contribution is 2.28. The van der Waals surface area contributed by atoms with E-state index in [0.29, 0.717) is 24.7 Å². The normalized spacial score (nSPS) is 16.3. The summed E-state index contributed by atoms with van der Waals surface area (Å²) in [5.41, 5.74) is 0. The summed E-state index contributed by atoms with van der Waals surface area (Å²) in [5, 5.41) is 4.61. The lowest BCUT2D eigenvalue weighted by Gasteiger charge is -2.37. The van der Waals surface area contributed by atoms with Crippen LogP contribution in [0.1, 0.15) is 0 Å². The fourth-order valence-electron chi connectivity index (χ4n) is 2.49. The van der Waals surface area contributed by atoms with Gasteiger partial charge in [0.1, 0.15) is 0 Å². The van der Waals surface area contributed by atoms with Gasteiger partial charge >= 0.3 is 0 Å². The molecule has 3 rings (SSSR count). The van der Waals surface area contributed by atoms with Crippen LogP contribution in [0.15, 0.2) is 35.5 Å². The zero-order chi connectivity index (χ0) is 16.6. The van der Waals surface area contributed by atoms with E-state index in [4.69, 9.17) is 16.3 Å². The van der Waals surface area contributed by atoms with E-state index in [-0.39, 0.29) is 16.6 Å². The third-order valence-corrected chi connectivity index (χ3v) is 5.75. The van der Waals surface area contributed by atoms with Crippen molar-refractivity contribution in [1.82, 2.24) is 14.1 Å². The van der Waals surface area contributed by atoms with Crippen LogP contribution in [-0.2, 0) is 16.6 Å². The number of hydrogen-bond donors (Lipinski definition) is 0. The van der Waals surface area contributed by atoms with Crippen molar-refractivity contribution < 1.29 is 17.5 Å². The first-order chi connectivity index (χ1) is 10.9. The largest absolute Gasteiger partial charge is 0.494 e. The fourth-order valence-corrected chi connectivity index (χ4v) is 4.25. The number of nitrogens with zero attached hydrogens (tertiary/aromatic N) is 3. The molecule has 0 spiro atoms. The van der Waals surface area contributed by atoms with Crippen LogP contribution in [0.5, 0.6) is 5.75 Å². The number of rotatable bonds is 5. The highest BCUT2D eigenvalue weighted by Gasteiger charge is 2.37. The summed E-state index contributed by atoms with van der Waals surface area (Å²) in [6.45, 7) is 1.33. The monoisotopic (exact) mass is 359 g/mol. The summed E-state index contributed by atoms with van der Waals surface area (Å²) < 4.78 is 46.4. The summed E-state index contributed by atoms with van der Waals surface area (Å²) in [5.74, 6) is -0.526. The zero-order valence-corrected chi connectivity index (χ0v) is 13.9. The molecule has 1 aromatic heterocycles. The van der Waals surface area contributed by atoms with Gasteiger partial charge in [-0.1, -0.05) is 11.6 Å². The van der Waals surface area contributed by atoms with Gasteiger partial charge < -0.3 is 4.74 Å². The van der Waals surface area contributed by atoms with E-state index in [1.165, 1.54) is 29.7 Å². The molecule has 6 nitrogen and oxygen atoms in total. The van der Waals surface area contributed by atoms with Gasteiger partial charge in [-0.25, -0.2) is 12.8 Å². The molecule has 1 aliphatic rings. The molecule has 0 atom stereocenters. The van der Waals surface area contributed by atoms with Crippen molar-refractivity contribution in [2.45, 2.75) is 11.4 Å². The van der Waals surface area contributed by atoms with Gasteiger partial charge in [-0.2, -0.15) is 9.40 Å². The van der Waals surface area contributed by atoms with Gasteiger partial charge in [-0.15, -0.1) is 0 Å². The van der Waals surface area contributed by atoms with E-state index >= 15 is 0 Å². The Balaban J connectivity index is 1.67. The summed E-state index contributed by atoms with van der Waals surface area (Å²) >= 11 is 5.79. The molecule has 2 heterocycles. The Kier molecular flexibility index (Phi) is 4.31. The SMILES string of the molecule is COc1ccc(S(=O)(=O)N2CC(Cn3cc(Cl)cn3)C2)cc1F. The van der Waals surface area contributed by atoms with Crippen LogP contribution in [0.4, 0.5) is 4.39 Å². The van der Waals surface area contributed by atoms with Crippen molar-refractivity contribution in [2.24, 2.45) is 5.92 Å². The highest BCUT2D eigenvalue weighted by atomic mass is 35.5. The molecule has 0 unspecified atom stereocenters. The molecule has 0 radical (unpaired) electrons. The van der Waals surface area contributed by atoms with Crippen LogP contribution in [0.2, 0.25) is 5.02 Å². The third kappa shape index (κ3) is 3.19. The average Bonchev–Trinajstić information content (AvgIpc) is 2.87. The Bertz CT molecular complexity index is 818. The molecule has 1 aliphatic heterocycles. The topological polar surface area (TPSA) is 64.4 Å². The standard InChI is InChI=1S/C14H15ClFN3O3S/c1-22-14-3-2-12(4-13(14)16)23(20,21)19-7-10(8-19)6-18-9-11(15)5-17-18/h2-5,9-10H,6-8H2,1H3. The van der Waals surface area contributed by atoms with Gasteiger partial charge in [-0.3, -0.25) is 4.68 Å². The van der Waals surface area contributed by atoms with Crippen molar-refractivity contribution in [2.75, 3.05) is 20.2 Å². The molecule has 0 amide bonds. The van der Waals surface area contributed by atoms with Crippen molar-refractivity contribution in [1.29, 1.82) is 0 Å². The third-order valence-electron chi connectivity index (χ3n) is 3.73. The number of halogens is 2. The molecule has 1 saturated heterocycles. The molecular formula is C14H15ClFN3O3S. The Morgan fingerprint density at radius 1 is 1.43 bits per heavy atom. The number of ether oxygens (including phenoxy) is 1. The lowest BCUT2D eigenvalue weighted by molar-refractivity contribution is 0.175. The first-order valence-corrected chi connectivity index (χ1v) is 8.73. The van der Waals surface area contributed by atoms with Gasteiger partial charge in [0.2, 0.25) is 10.0 Å². The molecule has 0 bridgehead atoms. The lowest BCUT2D eigenvalue weighted by atomic mass is 10.0. The number of aromatic nitrogens is 2. The van der Waals surface area contributed by atoms with Gasteiger partial charge in [0.15, 0.2) is 11.6 Å². The fraction of sp³-hybridized carbons (Fsp3) is 0.357.